The summed E-state index contributed by atoms with van der Waals surface area (Å²) in [4.78, 5) is 4.45. The molecule has 0 aliphatic carbocycles. The van der Waals surface area contributed by atoms with Gasteiger partial charge in [0.15, 0.2) is 0 Å². The third-order valence-corrected chi connectivity index (χ3v) is 8.86. The summed E-state index contributed by atoms with van der Waals surface area (Å²) >= 11 is 6.99. The van der Waals surface area contributed by atoms with Crippen LogP contribution in [0.3, 0.4) is 0 Å². The minimum Gasteiger partial charge on any atom is -0.127 e. The molecule has 0 amide bonds. The highest BCUT2D eigenvalue weighted by molar-refractivity contribution is 7.28. The molecule has 4 aromatic heterocycles. The van der Waals surface area contributed by atoms with Gasteiger partial charge in [-0.05, 0) is 70.9 Å². The van der Waals surface area contributed by atoms with Crippen molar-refractivity contribution >= 4 is 74.9 Å². The molecule has 0 spiro atoms. The Morgan fingerprint density at radius 3 is 1.20 bits per heavy atom. The highest BCUT2D eigenvalue weighted by atomic mass is 32.1. The van der Waals surface area contributed by atoms with Crippen LogP contribution in [0.25, 0.3) is 29.6 Å². The van der Waals surface area contributed by atoms with Crippen LogP contribution < -0.4 is 0 Å². The summed E-state index contributed by atoms with van der Waals surface area (Å²) in [6.45, 7) is 0. The normalized spacial score (nSPS) is 10.8. The number of rotatable bonds is 0. The molecule has 0 saturated carbocycles. The van der Waals surface area contributed by atoms with E-state index in [1.807, 2.05) is 0 Å². The average Bonchev–Trinajstić information content (AvgIpc) is 3.51. The van der Waals surface area contributed by atoms with Crippen molar-refractivity contribution in [2.24, 2.45) is 0 Å². The predicted molar refractivity (Wildman–Crippen MR) is 135 cm³/mol. The number of fused-ring (bicyclic) bond motifs is 3. The van der Waals surface area contributed by atoms with E-state index < -0.39 is 0 Å². The third kappa shape index (κ3) is 3.45. The van der Waals surface area contributed by atoms with E-state index in [-0.39, 0.29) is 0 Å². The molecular weight excluding hydrogens is 441 g/mol. The van der Waals surface area contributed by atoms with Crippen LogP contribution in [0.1, 0.15) is 19.5 Å². The first-order chi connectivity index (χ1) is 14.8. The molecule has 0 unspecified atom stereocenters. The molecule has 2 aromatic carbocycles. The number of hydrogen-bond donors (Lipinski definition) is 0. The van der Waals surface area contributed by atoms with Crippen molar-refractivity contribution in [3.8, 4) is 23.7 Å². The zero-order chi connectivity index (χ0) is 19.9. The molecule has 140 valence electrons. The Hall–Kier alpha value is -2.86. The van der Waals surface area contributed by atoms with E-state index in [1.54, 1.807) is 45.3 Å². The van der Waals surface area contributed by atoms with Gasteiger partial charge in [0.25, 0.3) is 0 Å². The largest absolute Gasteiger partial charge is 0.127 e. The van der Waals surface area contributed by atoms with Crippen LogP contribution >= 0.6 is 45.3 Å². The minimum atomic E-state index is 1.11. The van der Waals surface area contributed by atoms with Gasteiger partial charge < -0.3 is 0 Å². The highest BCUT2D eigenvalue weighted by Gasteiger charge is 2.05. The van der Waals surface area contributed by atoms with Gasteiger partial charge in [0.2, 0.25) is 0 Å². The van der Waals surface area contributed by atoms with E-state index in [9.17, 15) is 0 Å². The van der Waals surface area contributed by atoms with E-state index in [4.69, 9.17) is 0 Å². The van der Waals surface area contributed by atoms with Crippen molar-refractivity contribution in [2.75, 3.05) is 0 Å². The van der Waals surface area contributed by atoms with E-state index in [1.165, 1.54) is 29.6 Å². The minimum absolute atomic E-state index is 1.11. The zero-order valence-electron chi connectivity index (χ0n) is 15.6. The maximum Gasteiger partial charge on any atom is 0.0793 e. The van der Waals surface area contributed by atoms with Crippen LogP contribution in [-0.4, -0.2) is 0 Å². The molecule has 0 fully saturated rings. The standard InChI is InChI=1S/C26H12S4/c1-3-7-23-17(5-1)13-19(27-23)9-11-21-15-25-26(29-21)16-22(30-25)12-10-20-14-18-6-2-4-8-24(18)28-20/h1-8,13-16H. The Labute approximate surface area is 190 Å². The predicted octanol–water partition coefficient (Wildman–Crippen LogP) is 8.19. The molecule has 6 rings (SSSR count). The number of thiophene rings is 4. The molecule has 0 atom stereocenters. The Morgan fingerprint density at radius 2 is 0.767 bits per heavy atom. The summed E-state index contributed by atoms with van der Waals surface area (Å²) in [5.74, 6) is 13.3. The van der Waals surface area contributed by atoms with E-state index in [0.717, 1.165) is 19.5 Å². The molecule has 0 bridgehead atoms. The number of benzene rings is 2. The van der Waals surface area contributed by atoms with Gasteiger partial charge in [-0.1, -0.05) is 36.4 Å². The van der Waals surface area contributed by atoms with Crippen LogP contribution in [0.5, 0.6) is 0 Å². The molecule has 30 heavy (non-hydrogen) atoms. The smallest absolute Gasteiger partial charge is 0.0793 e. The van der Waals surface area contributed by atoms with Crippen LogP contribution in [0.15, 0.2) is 72.8 Å². The Bertz CT molecular complexity index is 1440. The van der Waals surface area contributed by atoms with Crippen LogP contribution in [0, 0.1) is 23.7 Å². The quantitative estimate of drug-likeness (QED) is 0.204. The van der Waals surface area contributed by atoms with Gasteiger partial charge in [0.1, 0.15) is 0 Å². The maximum absolute atomic E-state index is 3.34. The molecule has 0 saturated heterocycles. The summed E-state index contributed by atoms with van der Waals surface area (Å²) < 4.78 is 5.11. The molecule has 6 aromatic rings. The maximum atomic E-state index is 3.34. The molecule has 0 aliphatic heterocycles. The molecular formula is C26H12S4. The zero-order valence-corrected chi connectivity index (χ0v) is 18.8. The first-order valence-electron chi connectivity index (χ1n) is 9.35. The second kappa shape index (κ2) is 7.43. The van der Waals surface area contributed by atoms with E-state index >= 15 is 0 Å². The van der Waals surface area contributed by atoms with Crippen molar-refractivity contribution in [1.29, 1.82) is 0 Å². The van der Waals surface area contributed by atoms with Crippen molar-refractivity contribution < 1.29 is 0 Å². The summed E-state index contributed by atoms with van der Waals surface area (Å²) in [7, 11) is 0. The van der Waals surface area contributed by atoms with Crippen molar-refractivity contribution in [2.45, 2.75) is 0 Å². The van der Waals surface area contributed by atoms with Crippen molar-refractivity contribution in [1.82, 2.24) is 0 Å². The van der Waals surface area contributed by atoms with Gasteiger partial charge in [0, 0.05) is 18.8 Å². The summed E-state index contributed by atoms with van der Waals surface area (Å²) in [6.07, 6.45) is 0. The fourth-order valence-electron chi connectivity index (χ4n) is 3.29. The van der Waals surface area contributed by atoms with E-state index in [0.29, 0.717) is 0 Å². The topological polar surface area (TPSA) is 0 Å². The van der Waals surface area contributed by atoms with Gasteiger partial charge in [0.05, 0.1) is 19.5 Å². The van der Waals surface area contributed by atoms with Crippen LogP contribution in [0.2, 0.25) is 0 Å². The Balaban J connectivity index is 1.26. The summed E-state index contributed by atoms with van der Waals surface area (Å²) in [5.41, 5.74) is 0. The SMILES string of the molecule is C(#Cc1cc2sc(C#Cc3cc4ccccc4s3)cc2s1)c1cc2ccccc2s1. The summed E-state index contributed by atoms with van der Waals surface area (Å²) in [5, 5.41) is 2.53. The molecule has 4 heteroatoms. The molecule has 0 aliphatic rings. The van der Waals surface area contributed by atoms with Gasteiger partial charge in [-0.25, -0.2) is 0 Å². The lowest BCUT2D eigenvalue weighted by atomic mass is 10.2. The average molecular weight is 453 g/mol. The molecule has 0 nitrogen and oxygen atoms in total. The molecule has 4 heterocycles. The first kappa shape index (κ1) is 18.0. The lowest BCUT2D eigenvalue weighted by molar-refractivity contribution is 1.85. The van der Waals surface area contributed by atoms with Gasteiger partial charge >= 0.3 is 0 Å². The summed E-state index contributed by atoms with van der Waals surface area (Å²) in [6, 6.07) is 25.6. The fraction of sp³-hybridized carbons (Fsp3) is 0. The van der Waals surface area contributed by atoms with Crippen LogP contribution in [0.4, 0.5) is 0 Å². The highest BCUT2D eigenvalue weighted by Crippen LogP contribution is 2.33. The fourth-order valence-corrected chi connectivity index (χ4v) is 7.23. The van der Waals surface area contributed by atoms with Gasteiger partial charge in [-0.15, -0.1) is 45.3 Å². The van der Waals surface area contributed by atoms with Crippen LogP contribution in [-0.2, 0) is 0 Å². The Morgan fingerprint density at radius 1 is 0.400 bits per heavy atom. The number of hydrogen-bond acceptors (Lipinski definition) is 4. The van der Waals surface area contributed by atoms with Gasteiger partial charge in [-0.2, -0.15) is 0 Å². The van der Waals surface area contributed by atoms with Gasteiger partial charge in [-0.3, -0.25) is 0 Å². The Kier molecular flexibility index (Phi) is 4.45. The van der Waals surface area contributed by atoms with Crippen molar-refractivity contribution in [3.63, 3.8) is 0 Å². The second-order valence-corrected chi connectivity index (χ2v) is 11.1. The third-order valence-electron chi connectivity index (χ3n) is 4.68. The second-order valence-electron chi connectivity index (χ2n) is 6.75. The van der Waals surface area contributed by atoms with E-state index in [2.05, 4.69) is 96.5 Å². The lowest BCUT2D eigenvalue weighted by Gasteiger charge is -1.82. The monoisotopic (exact) mass is 452 g/mol. The molecule has 0 radical (unpaired) electrons. The first-order valence-corrected chi connectivity index (χ1v) is 12.6. The molecule has 0 N–H and O–H groups in total. The lowest BCUT2D eigenvalue weighted by Crippen LogP contribution is -1.64. The van der Waals surface area contributed by atoms with Crippen molar-refractivity contribution in [3.05, 3.63) is 92.3 Å².